The Hall–Kier alpha value is -0.210. The van der Waals surface area contributed by atoms with Crippen LogP contribution in [0.2, 0.25) is 5.28 Å². The minimum atomic E-state index is 0.455. The fraction of sp³-hybridized carbons (Fsp3) is 0.400. The molecule has 0 radical (unpaired) electrons. The van der Waals surface area contributed by atoms with Crippen LogP contribution in [0.1, 0.15) is 5.69 Å². The SMILES string of the molecule is Cn1c(CCl)cnc1Cl. The van der Waals surface area contributed by atoms with E-state index >= 15 is 0 Å². The molecule has 0 saturated heterocycles. The maximum absolute atomic E-state index is 5.60. The predicted octanol–water partition coefficient (Wildman–Crippen LogP) is 1.81. The van der Waals surface area contributed by atoms with E-state index in [-0.39, 0.29) is 0 Å². The van der Waals surface area contributed by atoms with Gasteiger partial charge in [-0.05, 0) is 11.6 Å². The van der Waals surface area contributed by atoms with Gasteiger partial charge in [0, 0.05) is 7.05 Å². The summed E-state index contributed by atoms with van der Waals surface area (Å²) in [6, 6.07) is 0. The van der Waals surface area contributed by atoms with Crippen LogP contribution in [0, 0.1) is 0 Å². The molecule has 1 aromatic rings. The van der Waals surface area contributed by atoms with Crippen LogP contribution in [0.15, 0.2) is 6.20 Å². The standard InChI is InChI=1S/C5H6Cl2N2/c1-9-4(2-6)3-8-5(9)7/h3H,2H2,1H3. The van der Waals surface area contributed by atoms with Gasteiger partial charge in [0.05, 0.1) is 17.8 Å². The molecule has 0 N–H and O–H groups in total. The molecule has 1 rings (SSSR count). The number of nitrogens with zero attached hydrogens (tertiary/aromatic N) is 2. The lowest BCUT2D eigenvalue weighted by Crippen LogP contribution is -1.91. The van der Waals surface area contributed by atoms with E-state index < -0.39 is 0 Å². The number of hydrogen-bond acceptors (Lipinski definition) is 1. The summed E-state index contributed by atoms with van der Waals surface area (Å²) in [5.41, 5.74) is 0.932. The van der Waals surface area contributed by atoms with Crippen molar-refractivity contribution in [1.82, 2.24) is 9.55 Å². The molecule has 0 amide bonds. The Bertz CT molecular complexity index is 207. The van der Waals surface area contributed by atoms with Gasteiger partial charge in [-0.3, -0.25) is 0 Å². The molecule has 50 valence electrons. The summed E-state index contributed by atoms with van der Waals surface area (Å²) in [5, 5.41) is 0.477. The monoisotopic (exact) mass is 164 g/mol. The zero-order valence-electron chi connectivity index (χ0n) is 4.93. The van der Waals surface area contributed by atoms with Crippen molar-refractivity contribution in [3.05, 3.63) is 17.2 Å². The first-order valence-corrected chi connectivity index (χ1v) is 3.39. The highest BCUT2D eigenvalue weighted by Crippen LogP contribution is 2.09. The van der Waals surface area contributed by atoms with E-state index in [4.69, 9.17) is 23.2 Å². The molecule has 0 aliphatic heterocycles. The van der Waals surface area contributed by atoms with E-state index in [1.807, 2.05) is 7.05 Å². The molecule has 0 saturated carbocycles. The molecule has 0 aliphatic carbocycles. The van der Waals surface area contributed by atoms with E-state index in [2.05, 4.69) is 4.98 Å². The maximum atomic E-state index is 5.60. The van der Waals surface area contributed by atoms with Crippen molar-refractivity contribution < 1.29 is 0 Å². The first-order chi connectivity index (χ1) is 4.25. The van der Waals surface area contributed by atoms with Crippen molar-refractivity contribution in [2.45, 2.75) is 5.88 Å². The lowest BCUT2D eigenvalue weighted by atomic mass is 10.5. The fourth-order valence-electron chi connectivity index (χ4n) is 0.544. The van der Waals surface area contributed by atoms with Crippen LogP contribution in [-0.4, -0.2) is 9.55 Å². The normalized spacial score (nSPS) is 10.1. The highest BCUT2D eigenvalue weighted by molar-refractivity contribution is 6.28. The van der Waals surface area contributed by atoms with Crippen molar-refractivity contribution in [3.8, 4) is 0 Å². The molecular formula is C5H6Cl2N2. The first-order valence-electron chi connectivity index (χ1n) is 2.47. The topological polar surface area (TPSA) is 17.8 Å². The van der Waals surface area contributed by atoms with Gasteiger partial charge in [0.1, 0.15) is 0 Å². The average Bonchev–Trinajstić information content (AvgIpc) is 2.15. The third-order valence-electron chi connectivity index (χ3n) is 1.16. The molecule has 0 atom stereocenters. The Morgan fingerprint density at radius 1 is 1.78 bits per heavy atom. The van der Waals surface area contributed by atoms with Crippen molar-refractivity contribution in [2.75, 3.05) is 0 Å². The lowest BCUT2D eigenvalue weighted by molar-refractivity contribution is 0.866. The molecule has 0 fully saturated rings. The maximum Gasteiger partial charge on any atom is 0.202 e. The van der Waals surface area contributed by atoms with E-state index in [1.54, 1.807) is 10.8 Å². The molecule has 0 aromatic carbocycles. The number of aromatic nitrogens is 2. The van der Waals surface area contributed by atoms with Gasteiger partial charge in [-0.2, -0.15) is 0 Å². The smallest absolute Gasteiger partial charge is 0.202 e. The Morgan fingerprint density at radius 3 is 2.67 bits per heavy atom. The van der Waals surface area contributed by atoms with Crippen LogP contribution in [-0.2, 0) is 12.9 Å². The second-order valence-electron chi connectivity index (χ2n) is 1.71. The highest BCUT2D eigenvalue weighted by atomic mass is 35.5. The molecule has 9 heavy (non-hydrogen) atoms. The summed E-state index contributed by atoms with van der Waals surface area (Å²) < 4.78 is 1.74. The minimum Gasteiger partial charge on any atom is -0.321 e. The van der Waals surface area contributed by atoms with Crippen molar-refractivity contribution in [1.29, 1.82) is 0 Å². The Morgan fingerprint density at radius 2 is 2.44 bits per heavy atom. The molecule has 0 spiro atoms. The molecule has 1 heterocycles. The van der Waals surface area contributed by atoms with Gasteiger partial charge in [-0.25, -0.2) is 4.98 Å². The van der Waals surface area contributed by atoms with Gasteiger partial charge in [-0.1, -0.05) is 0 Å². The number of alkyl halides is 1. The van der Waals surface area contributed by atoms with Crippen LogP contribution in [0.25, 0.3) is 0 Å². The summed E-state index contributed by atoms with van der Waals surface area (Å²) in [6.07, 6.45) is 1.66. The van der Waals surface area contributed by atoms with Crippen LogP contribution < -0.4 is 0 Å². The van der Waals surface area contributed by atoms with Crippen molar-refractivity contribution in [3.63, 3.8) is 0 Å². The van der Waals surface area contributed by atoms with Gasteiger partial charge in [0.25, 0.3) is 0 Å². The summed E-state index contributed by atoms with van der Waals surface area (Å²) >= 11 is 11.1. The summed E-state index contributed by atoms with van der Waals surface area (Å²) in [5.74, 6) is 0.455. The number of imidazole rings is 1. The van der Waals surface area contributed by atoms with Gasteiger partial charge in [0.2, 0.25) is 5.28 Å². The van der Waals surface area contributed by atoms with Gasteiger partial charge in [-0.15, -0.1) is 11.6 Å². The third-order valence-corrected chi connectivity index (χ3v) is 1.79. The zero-order valence-corrected chi connectivity index (χ0v) is 6.45. The molecule has 1 aromatic heterocycles. The summed E-state index contributed by atoms with van der Waals surface area (Å²) in [7, 11) is 1.83. The van der Waals surface area contributed by atoms with Crippen LogP contribution in [0.3, 0.4) is 0 Å². The van der Waals surface area contributed by atoms with Gasteiger partial charge >= 0.3 is 0 Å². The lowest BCUT2D eigenvalue weighted by Gasteiger charge is -1.94. The second kappa shape index (κ2) is 2.58. The first kappa shape index (κ1) is 6.90. The second-order valence-corrected chi connectivity index (χ2v) is 2.32. The summed E-state index contributed by atoms with van der Waals surface area (Å²) in [6.45, 7) is 0. The molecule has 2 nitrogen and oxygen atoms in total. The predicted molar refractivity (Wildman–Crippen MR) is 37.8 cm³/mol. The number of halogens is 2. The molecule has 4 heteroatoms. The van der Waals surface area contributed by atoms with Crippen LogP contribution in [0.5, 0.6) is 0 Å². The van der Waals surface area contributed by atoms with Crippen LogP contribution >= 0.6 is 23.2 Å². The van der Waals surface area contributed by atoms with E-state index in [1.165, 1.54) is 0 Å². The van der Waals surface area contributed by atoms with Crippen LogP contribution in [0.4, 0.5) is 0 Å². The molecular weight excluding hydrogens is 159 g/mol. The number of rotatable bonds is 1. The van der Waals surface area contributed by atoms with E-state index in [0.717, 1.165) is 5.69 Å². The zero-order chi connectivity index (χ0) is 6.85. The number of hydrogen-bond donors (Lipinski definition) is 0. The molecule has 0 aliphatic rings. The Kier molecular flexibility index (Phi) is 1.98. The highest BCUT2D eigenvalue weighted by Gasteiger charge is 2.00. The Balaban J connectivity index is 3.04. The van der Waals surface area contributed by atoms with E-state index in [0.29, 0.717) is 11.2 Å². The molecule has 0 unspecified atom stereocenters. The quantitative estimate of drug-likeness (QED) is 0.580. The van der Waals surface area contributed by atoms with Gasteiger partial charge in [0.15, 0.2) is 0 Å². The fourth-order valence-corrected chi connectivity index (χ4v) is 0.949. The minimum absolute atomic E-state index is 0.455. The van der Waals surface area contributed by atoms with Gasteiger partial charge < -0.3 is 4.57 Å². The largest absolute Gasteiger partial charge is 0.321 e. The van der Waals surface area contributed by atoms with Crippen molar-refractivity contribution >= 4 is 23.2 Å². The average molecular weight is 165 g/mol. The van der Waals surface area contributed by atoms with E-state index in [9.17, 15) is 0 Å². The molecule has 0 bridgehead atoms. The summed E-state index contributed by atoms with van der Waals surface area (Å²) in [4.78, 5) is 3.83. The third kappa shape index (κ3) is 1.19. The Labute approximate surface area is 63.4 Å². The van der Waals surface area contributed by atoms with Crippen molar-refractivity contribution in [2.24, 2.45) is 7.05 Å².